The molecule has 0 aliphatic rings. The molecule has 2 rings (SSSR count). The van der Waals surface area contributed by atoms with Crippen LogP contribution in [-0.4, -0.2) is 7.05 Å². The van der Waals surface area contributed by atoms with Crippen LogP contribution in [0, 0.1) is 6.92 Å². The predicted octanol–water partition coefficient (Wildman–Crippen LogP) is 3.83. The molecule has 0 saturated carbocycles. The Kier molecular flexibility index (Phi) is 3.10. The molecule has 2 aromatic carbocycles. The summed E-state index contributed by atoms with van der Waals surface area (Å²) < 4.78 is 5.73. The van der Waals surface area contributed by atoms with Crippen molar-refractivity contribution in [2.45, 2.75) is 6.92 Å². The average Bonchev–Trinajstić information content (AvgIpc) is 2.30. The van der Waals surface area contributed by atoms with Gasteiger partial charge in [0.05, 0.1) is 0 Å². The van der Waals surface area contributed by atoms with E-state index < -0.39 is 0 Å². The Morgan fingerprint density at radius 1 is 0.938 bits per heavy atom. The third kappa shape index (κ3) is 2.54. The fraction of sp³-hybridized carbons (Fsp3) is 0.143. The van der Waals surface area contributed by atoms with E-state index in [0.29, 0.717) is 0 Å². The van der Waals surface area contributed by atoms with E-state index in [1.165, 1.54) is 5.56 Å². The van der Waals surface area contributed by atoms with Crippen molar-refractivity contribution in [3.63, 3.8) is 0 Å². The lowest BCUT2D eigenvalue weighted by Gasteiger charge is -2.07. The largest absolute Gasteiger partial charge is 0.457 e. The van der Waals surface area contributed by atoms with Gasteiger partial charge in [-0.1, -0.05) is 12.1 Å². The molecular weight excluding hydrogens is 198 g/mol. The van der Waals surface area contributed by atoms with E-state index in [9.17, 15) is 0 Å². The summed E-state index contributed by atoms with van der Waals surface area (Å²) in [7, 11) is 1.90. The predicted molar refractivity (Wildman–Crippen MR) is 67.2 cm³/mol. The molecule has 2 heteroatoms. The van der Waals surface area contributed by atoms with E-state index in [1.54, 1.807) is 0 Å². The topological polar surface area (TPSA) is 21.3 Å². The molecule has 82 valence electrons. The number of hydrogen-bond donors (Lipinski definition) is 1. The summed E-state index contributed by atoms with van der Waals surface area (Å²) in [6, 6.07) is 15.9. The van der Waals surface area contributed by atoms with Gasteiger partial charge in [-0.05, 0) is 48.9 Å². The molecule has 0 radical (unpaired) electrons. The summed E-state index contributed by atoms with van der Waals surface area (Å²) in [6.45, 7) is 2.05. The zero-order valence-corrected chi connectivity index (χ0v) is 9.53. The maximum atomic E-state index is 5.73. The van der Waals surface area contributed by atoms with Gasteiger partial charge in [-0.2, -0.15) is 0 Å². The maximum Gasteiger partial charge on any atom is 0.127 e. The van der Waals surface area contributed by atoms with Crippen molar-refractivity contribution < 1.29 is 4.74 Å². The molecule has 0 spiro atoms. The van der Waals surface area contributed by atoms with Crippen molar-refractivity contribution in [2.75, 3.05) is 12.4 Å². The van der Waals surface area contributed by atoms with Gasteiger partial charge >= 0.3 is 0 Å². The first-order valence-corrected chi connectivity index (χ1v) is 5.30. The van der Waals surface area contributed by atoms with Gasteiger partial charge in [-0.25, -0.2) is 0 Å². The van der Waals surface area contributed by atoms with Crippen LogP contribution in [0.1, 0.15) is 5.56 Å². The second-order valence-electron chi connectivity index (χ2n) is 3.69. The van der Waals surface area contributed by atoms with Gasteiger partial charge in [0.15, 0.2) is 0 Å². The van der Waals surface area contributed by atoms with Crippen LogP contribution in [0.5, 0.6) is 11.5 Å². The minimum atomic E-state index is 0.851. The molecule has 0 heterocycles. The molecule has 0 atom stereocenters. The lowest BCUT2D eigenvalue weighted by Crippen LogP contribution is -1.88. The highest BCUT2D eigenvalue weighted by Gasteiger charge is 1.97. The number of benzene rings is 2. The third-order valence-electron chi connectivity index (χ3n) is 2.37. The second kappa shape index (κ2) is 4.71. The first-order chi connectivity index (χ1) is 7.78. The summed E-state index contributed by atoms with van der Waals surface area (Å²) in [6.07, 6.45) is 0. The first-order valence-electron chi connectivity index (χ1n) is 5.30. The van der Waals surface area contributed by atoms with Gasteiger partial charge in [0.25, 0.3) is 0 Å². The minimum Gasteiger partial charge on any atom is -0.457 e. The molecule has 0 amide bonds. The van der Waals surface area contributed by atoms with Crippen LogP contribution in [0.25, 0.3) is 0 Å². The molecule has 0 aliphatic carbocycles. The molecule has 1 N–H and O–H groups in total. The van der Waals surface area contributed by atoms with Crippen molar-refractivity contribution in [3.05, 3.63) is 54.1 Å². The molecule has 2 aromatic rings. The Balaban J connectivity index is 2.14. The van der Waals surface area contributed by atoms with Crippen LogP contribution >= 0.6 is 0 Å². The Bertz CT molecular complexity index is 462. The van der Waals surface area contributed by atoms with E-state index in [-0.39, 0.29) is 0 Å². The van der Waals surface area contributed by atoms with Crippen molar-refractivity contribution in [2.24, 2.45) is 0 Å². The zero-order valence-electron chi connectivity index (χ0n) is 9.53. The fourth-order valence-corrected chi connectivity index (χ4v) is 1.50. The van der Waals surface area contributed by atoms with Gasteiger partial charge in [0.1, 0.15) is 11.5 Å². The summed E-state index contributed by atoms with van der Waals surface area (Å²) in [5, 5.41) is 3.07. The lowest BCUT2D eigenvalue weighted by atomic mass is 10.2. The Hall–Kier alpha value is -1.96. The molecule has 0 aliphatic heterocycles. The van der Waals surface area contributed by atoms with Gasteiger partial charge in [0.2, 0.25) is 0 Å². The van der Waals surface area contributed by atoms with Crippen LogP contribution in [0.15, 0.2) is 48.5 Å². The van der Waals surface area contributed by atoms with Crippen LogP contribution in [-0.2, 0) is 0 Å². The minimum absolute atomic E-state index is 0.851. The van der Waals surface area contributed by atoms with E-state index in [4.69, 9.17) is 4.74 Å². The molecular formula is C14H15NO. The van der Waals surface area contributed by atoms with Crippen LogP contribution < -0.4 is 10.1 Å². The smallest absolute Gasteiger partial charge is 0.127 e. The maximum absolute atomic E-state index is 5.73. The van der Waals surface area contributed by atoms with Gasteiger partial charge in [0, 0.05) is 12.7 Å². The first kappa shape index (κ1) is 10.6. The van der Waals surface area contributed by atoms with E-state index >= 15 is 0 Å². The summed E-state index contributed by atoms with van der Waals surface area (Å²) in [5.41, 5.74) is 2.28. The molecule has 0 bridgehead atoms. The van der Waals surface area contributed by atoms with Crippen LogP contribution in [0.2, 0.25) is 0 Å². The molecule has 2 nitrogen and oxygen atoms in total. The number of rotatable bonds is 3. The highest BCUT2D eigenvalue weighted by Crippen LogP contribution is 2.23. The fourth-order valence-electron chi connectivity index (χ4n) is 1.50. The Morgan fingerprint density at radius 2 is 1.69 bits per heavy atom. The number of anilines is 1. The Labute approximate surface area is 95.9 Å². The highest BCUT2D eigenvalue weighted by molar-refractivity contribution is 5.46. The number of aryl methyl sites for hydroxylation is 1. The van der Waals surface area contributed by atoms with Crippen molar-refractivity contribution in [3.8, 4) is 11.5 Å². The highest BCUT2D eigenvalue weighted by atomic mass is 16.5. The quantitative estimate of drug-likeness (QED) is 0.836. The molecule has 0 aromatic heterocycles. The van der Waals surface area contributed by atoms with Gasteiger partial charge in [-0.3, -0.25) is 0 Å². The van der Waals surface area contributed by atoms with Crippen LogP contribution in [0.3, 0.4) is 0 Å². The van der Waals surface area contributed by atoms with Crippen LogP contribution in [0.4, 0.5) is 5.69 Å². The second-order valence-corrected chi connectivity index (χ2v) is 3.69. The summed E-state index contributed by atoms with van der Waals surface area (Å²) in [5.74, 6) is 1.72. The molecule has 0 saturated heterocycles. The van der Waals surface area contributed by atoms with Crippen molar-refractivity contribution >= 4 is 5.69 Å². The molecule has 0 fully saturated rings. The Morgan fingerprint density at radius 3 is 2.31 bits per heavy atom. The number of ether oxygens (including phenoxy) is 1. The van der Waals surface area contributed by atoms with E-state index in [0.717, 1.165) is 17.2 Å². The van der Waals surface area contributed by atoms with Gasteiger partial charge < -0.3 is 10.1 Å². The van der Waals surface area contributed by atoms with Gasteiger partial charge in [-0.15, -0.1) is 0 Å². The SMILES string of the molecule is CNc1ccc(Oc2cccc(C)c2)cc1. The normalized spacial score (nSPS) is 9.88. The van der Waals surface area contributed by atoms with E-state index in [1.807, 2.05) is 49.5 Å². The molecule has 0 unspecified atom stereocenters. The average molecular weight is 213 g/mol. The monoisotopic (exact) mass is 213 g/mol. The third-order valence-corrected chi connectivity index (χ3v) is 2.37. The zero-order chi connectivity index (χ0) is 11.4. The van der Waals surface area contributed by atoms with Crippen molar-refractivity contribution in [1.82, 2.24) is 0 Å². The number of nitrogens with one attached hydrogen (secondary N) is 1. The molecule has 16 heavy (non-hydrogen) atoms. The lowest BCUT2D eigenvalue weighted by molar-refractivity contribution is 0.482. The van der Waals surface area contributed by atoms with E-state index in [2.05, 4.69) is 18.3 Å². The summed E-state index contributed by atoms with van der Waals surface area (Å²) >= 11 is 0. The standard InChI is InChI=1S/C14H15NO/c1-11-4-3-5-14(10-11)16-13-8-6-12(15-2)7-9-13/h3-10,15H,1-2H3. The summed E-state index contributed by atoms with van der Waals surface area (Å²) in [4.78, 5) is 0. The number of hydrogen-bond acceptors (Lipinski definition) is 2. The van der Waals surface area contributed by atoms with Crippen molar-refractivity contribution in [1.29, 1.82) is 0 Å².